The molecule has 1 saturated carbocycles. The van der Waals surface area contributed by atoms with Gasteiger partial charge < -0.3 is 5.73 Å². The highest BCUT2D eigenvalue weighted by molar-refractivity contribution is 9.10. The van der Waals surface area contributed by atoms with Crippen LogP contribution in [-0.4, -0.2) is 0 Å². The summed E-state index contributed by atoms with van der Waals surface area (Å²) in [5.74, 6) is 0. The number of aryl methyl sites for hydroxylation is 1. The third-order valence-corrected chi connectivity index (χ3v) is 4.94. The molecule has 0 aliphatic heterocycles. The quantitative estimate of drug-likeness (QED) is 0.834. The molecule has 0 amide bonds. The van der Waals surface area contributed by atoms with Gasteiger partial charge in [-0.1, -0.05) is 22.0 Å². The van der Waals surface area contributed by atoms with Crippen LogP contribution in [0.25, 0.3) is 0 Å². The monoisotopic (exact) mass is 279 g/mol. The predicted octanol–water partition coefficient (Wildman–Crippen LogP) is 3.67. The Morgan fingerprint density at radius 1 is 1.06 bits per heavy atom. The maximum Gasteiger partial charge on any atom is 0.0410 e. The van der Waals surface area contributed by atoms with Crippen molar-refractivity contribution >= 4 is 15.9 Å². The first kappa shape index (κ1) is 10.8. The van der Waals surface area contributed by atoms with Gasteiger partial charge in [0.15, 0.2) is 0 Å². The molecule has 0 saturated heterocycles. The van der Waals surface area contributed by atoms with E-state index in [0.717, 1.165) is 12.8 Å². The van der Waals surface area contributed by atoms with Crippen LogP contribution < -0.4 is 5.73 Å². The smallest absolute Gasteiger partial charge is 0.0410 e. The van der Waals surface area contributed by atoms with Gasteiger partial charge in [0.25, 0.3) is 0 Å². The van der Waals surface area contributed by atoms with Crippen LogP contribution >= 0.6 is 15.9 Å². The van der Waals surface area contributed by atoms with Gasteiger partial charge in [-0.2, -0.15) is 0 Å². The molecule has 0 unspecified atom stereocenters. The van der Waals surface area contributed by atoms with Gasteiger partial charge in [-0.3, -0.25) is 0 Å². The molecule has 1 aromatic rings. The molecule has 86 valence electrons. The topological polar surface area (TPSA) is 26.0 Å². The SMILES string of the molecule is NC1(c2cc(Br)c3c(c2)CCCC3)CCC1. The Morgan fingerprint density at radius 2 is 1.81 bits per heavy atom. The van der Waals surface area contributed by atoms with Crippen LogP contribution in [0.4, 0.5) is 0 Å². The molecule has 3 rings (SSSR count). The lowest BCUT2D eigenvalue weighted by atomic mass is 9.71. The standard InChI is InChI=1S/C14H18BrN/c15-13-9-11(14(16)6-3-7-14)8-10-4-1-2-5-12(10)13/h8-9H,1-7,16H2. The van der Waals surface area contributed by atoms with Crippen LogP contribution in [0.3, 0.4) is 0 Å². The molecule has 1 nitrogen and oxygen atoms in total. The van der Waals surface area contributed by atoms with E-state index in [1.54, 1.807) is 0 Å². The summed E-state index contributed by atoms with van der Waals surface area (Å²) in [5, 5.41) is 0. The first-order valence-corrected chi connectivity index (χ1v) is 7.09. The number of benzene rings is 1. The van der Waals surface area contributed by atoms with Gasteiger partial charge in [-0.05, 0) is 67.7 Å². The lowest BCUT2D eigenvalue weighted by molar-refractivity contribution is 0.253. The van der Waals surface area contributed by atoms with E-state index in [0.29, 0.717) is 0 Å². The average Bonchev–Trinajstić information content (AvgIpc) is 2.26. The summed E-state index contributed by atoms with van der Waals surface area (Å²) in [6.45, 7) is 0. The maximum absolute atomic E-state index is 6.41. The Hall–Kier alpha value is -0.340. The van der Waals surface area contributed by atoms with Crippen molar-refractivity contribution in [2.45, 2.75) is 50.5 Å². The van der Waals surface area contributed by atoms with E-state index < -0.39 is 0 Å². The van der Waals surface area contributed by atoms with E-state index in [-0.39, 0.29) is 5.54 Å². The molecule has 0 bridgehead atoms. The van der Waals surface area contributed by atoms with E-state index in [9.17, 15) is 0 Å². The Balaban J connectivity index is 2.05. The number of fused-ring (bicyclic) bond motifs is 1. The van der Waals surface area contributed by atoms with Crippen LogP contribution in [0.5, 0.6) is 0 Å². The Kier molecular flexibility index (Phi) is 2.60. The molecule has 16 heavy (non-hydrogen) atoms. The molecule has 0 spiro atoms. The molecule has 2 aliphatic rings. The minimum atomic E-state index is -0.0189. The van der Waals surface area contributed by atoms with Gasteiger partial charge in [0.05, 0.1) is 0 Å². The Labute approximate surface area is 106 Å². The molecular formula is C14H18BrN. The summed E-state index contributed by atoms with van der Waals surface area (Å²) >= 11 is 3.72. The van der Waals surface area contributed by atoms with Crippen molar-refractivity contribution in [3.8, 4) is 0 Å². The number of rotatable bonds is 1. The van der Waals surface area contributed by atoms with Gasteiger partial charge >= 0.3 is 0 Å². The molecule has 1 aromatic carbocycles. The first-order chi connectivity index (χ1) is 7.69. The zero-order chi connectivity index (χ0) is 11.2. The Bertz CT molecular complexity index is 421. The highest BCUT2D eigenvalue weighted by atomic mass is 79.9. The van der Waals surface area contributed by atoms with E-state index in [4.69, 9.17) is 5.73 Å². The van der Waals surface area contributed by atoms with Crippen molar-refractivity contribution in [3.63, 3.8) is 0 Å². The second kappa shape index (κ2) is 3.85. The first-order valence-electron chi connectivity index (χ1n) is 6.30. The fourth-order valence-corrected chi connectivity index (χ4v) is 3.65. The maximum atomic E-state index is 6.41. The van der Waals surface area contributed by atoms with Crippen molar-refractivity contribution in [2.24, 2.45) is 5.73 Å². The summed E-state index contributed by atoms with van der Waals surface area (Å²) in [6.07, 6.45) is 8.71. The minimum Gasteiger partial charge on any atom is -0.321 e. The van der Waals surface area contributed by atoms with Crippen LogP contribution in [0.15, 0.2) is 16.6 Å². The van der Waals surface area contributed by atoms with Crippen molar-refractivity contribution < 1.29 is 0 Å². The number of hydrogen-bond acceptors (Lipinski definition) is 1. The second-order valence-corrected chi connectivity index (χ2v) is 6.17. The lowest BCUT2D eigenvalue weighted by Crippen LogP contribution is -2.43. The fraction of sp³-hybridized carbons (Fsp3) is 0.571. The highest BCUT2D eigenvalue weighted by Crippen LogP contribution is 2.41. The van der Waals surface area contributed by atoms with Gasteiger partial charge in [0, 0.05) is 10.0 Å². The minimum absolute atomic E-state index is 0.0189. The zero-order valence-electron chi connectivity index (χ0n) is 9.56. The largest absolute Gasteiger partial charge is 0.321 e. The number of hydrogen-bond donors (Lipinski definition) is 1. The average molecular weight is 280 g/mol. The second-order valence-electron chi connectivity index (χ2n) is 5.31. The van der Waals surface area contributed by atoms with Crippen LogP contribution in [0.2, 0.25) is 0 Å². The van der Waals surface area contributed by atoms with Gasteiger partial charge in [0.2, 0.25) is 0 Å². The number of halogens is 1. The molecular weight excluding hydrogens is 262 g/mol. The van der Waals surface area contributed by atoms with Gasteiger partial charge in [-0.15, -0.1) is 0 Å². The van der Waals surface area contributed by atoms with Crippen LogP contribution in [0.1, 0.15) is 48.8 Å². The normalized spacial score (nSPS) is 22.4. The highest BCUT2D eigenvalue weighted by Gasteiger charge is 2.35. The van der Waals surface area contributed by atoms with Crippen molar-refractivity contribution in [3.05, 3.63) is 33.3 Å². The Morgan fingerprint density at radius 3 is 2.50 bits per heavy atom. The molecule has 1 fully saturated rings. The van der Waals surface area contributed by atoms with E-state index in [1.165, 1.54) is 53.3 Å². The molecule has 0 aromatic heterocycles. The summed E-state index contributed by atoms with van der Waals surface area (Å²) in [7, 11) is 0. The summed E-state index contributed by atoms with van der Waals surface area (Å²) in [4.78, 5) is 0. The molecule has 0 atom stereocenters. The summed E-state index contributed by atoms with van der Waals surface area (Å²) in [5.41, 5.74) is 10.8. The third kappa shape index (κ3) is 1.63. The molecule has 2 heteroatoms. The van der Waals surface area contributed by atoms with Crippen molar-refractivity contribution in [1.29, 1.82) is 0 Å². The number of nitrogens with two attached hydrogens (primary N) is 1. The van der Waals surface area contributed by atoms with Crippen LogP contribution in [0, 0.1) is 0 Å². The molecule has 0 radical (unpaired) electrons. The third-order valence-electron chi connectivity index (χ3n) is 4.23. The van der Waals surface area contributed by atoms with E-state index >= 15 is 0 Å². The van der Waals surface area contributed by atoms with Gasteiger partial charge in [-0.25, -0.2) is 0 Å². The van der Waals surface area contributed by atoms with E-state index in [1.807, 2.05) is 0 Å². The molecule has 2 aliphatic carbocycles. The van der Waals surface area contributed by atoms with Crippen molar-refractivity contribution in [1.82, 2.24) is 0 Å². The van der Waals surface area contributed by atoms with Crippen LogP contribution in [-0.2, 0) is 18.4 Å². The van der Waals surface area contributed by atoms with E-state index in [2.05, 4.69) is 28.1 Å². The zero-order valence-corrected chi connectivity index (χ0v) is 11.1. The lowest BCUT2D eigenvalue weighted by Gasteiger charge is -2.39. The summed E-state index contributed by atoms with van der Waals surface area (Å²) < 4.78 is 1.29. The predicted molar refractivity (Wildman–Crippen MR) is 70.5 cm³/mol. The van der Waals surface area contributed by atoms with Gasteiger partial charge in [0.1, 0.15) is 0 Å². The van der Waals surface area contributed by atoms with Crippen molar-refractivity contribution in [2.75, 3.05) is 0 Å². The fourth-order valence-electron chi connectivity index (χ4n) is 2.95. The molecule has 0 heterocycles. The summed E-state index contributed by atoms with van der Waals surface area (Å²) in [6, 6.07) is 4.64. The molecule has 2 N–H and O–H groups in total.